The zero-order valence-electron chi connectivity index (χ0n) is 9.60. The van der Waals surface area contributed by atoms with Crippen LogP contribution in [0.1, 0.15) is 16.8 Å². The van der Waals surface area contributed by atoms with Gasteiger partial charge in [0.25, 0.3) is 0 Å². The van der Waals surface area contributed by atoms with Gasteiger partial charge in [-0.3, -0.25) is 0 Å². The monoisotopic (exact) mass is 227 g/mol. The predicted octanol–water partition coefficient (Wildman–Crippen LogP) is 2.18. The van der Waals surface area contributed by atoms with Crippen LogP contribution in [0.3, 0.4) is 0 Å². The molecule has 1 N–H and O–H groups in total. The second-order valence-electron chi connectivity index (χ2n) is 4.10. The third-order valence-corrected chi connectivity index (χ3v) is 2.83. The van der Waals surface area contributed by atoms with Gasteiger partial charge in [0.2, 0.25) is 0 Å². The van der Waals surface area contributed by atoms with Gasteiger partial charge in [0.05, 0.1) is 5.69 Å². The summed E-state index contributed by atoms with van der Waals surface area (Å²) in [5.41, 5.74) is 3.26. The summed E-state index contributed by atoms with van der Waals surface area (Å²) in [4.78, 5) is 8.61. The highest BCUT2D eigenvalue weighted by molar-refractivity contribution is 5.34. The summed E-state index contributed by atoms with van der Waals surface area (Å²) in [6, 6.07) is 8.27. The summed E-state index contributed by atoms with van der Waals surface area (Å²) >= 11 is 0. The first-order valence-electron chi connectivity index (χ1n) is 5.62. The third kappa shape index (κ3) is 1.99. The topological polar surface area (TPSA) is 47.0 Å². The average Bonchev–Trinajstić information content (AvgIpc) is 2.79. The maximum Gasteiger partial charge on any atom is 0.322 e. The van der Waals surface area contributed by atoms with Gasteiger partial charge < -0.3 is 10.1 Å². The van der Waals surface area contributed by atoms with Crippen LogP contribution in [0.4, 0.5) is 0 Å². The molecular weight excluding hydrogens is 214 g/mol. The Morgan fingerprint density at radius 1 is 1.24 bits per heavy atom. The SMILES string of the molecule is Cc1ccccc1Oc1ncc2c(n1)CNC2. The average molecular weight is 227 g/mol. The van der Waals surface area contributed by atoms with Crippen LogP contribution < -0.4 is 10.1 Å². The molecule has 17 heavy (non-hydrogen) atoms. The van der Waals surface area contributed by atoms with Crippen LogP contribution in [0, 0.1) is 6.92 Å². The number of ether oxygens (including phenoxy) is 1. The zero-order valence-corrected chi connectivity index (χ0v) is 9.60. The second-order valence-corrected chi connectivity index (χ2v) is 4.10. The van der Waals surface area contributed by atoms with Crippen LogP contribution in [0.5, 0.6) is 11.8 Å². The minimum atomic E-state index is 0.418. The van der Waals surface area contributed by atoms with E-state index in [2.05, 4.69) is 15.3 Å². The van der Waals surface area contributed by atoms with E-state index in [1.54, 1.807) is 0 Å². The fraction of sp³-hybridized carbons (Fsp3) is 0.231. The molecule has 1 aliphatic rings. The molecule has 0 atom stereocenters. The Balaban J connectivity index is 1.89. The van der Waals surface area contributed by atoms with Gasteiger partial charge in [-0.2, -0.15) is 4.98 Å². The van der Waals surface area contributed by atoms with Crippen molar-refractivity contribution in [2.75, 3.05) is 0 Å². The van der Waals surface area contributed by atoms with Gasteiger partial charge in [0.15, 0.2) is 0 Å². The fourth-order valence-corrected chi connectivity index (χ4v) is 1.86. The van der Waals surface area contributed by atoms with Crippen molar-refractivity contribution in [3.05, 3.63) is 47.3 Å². The second kappa shape index (κ2) is 4.14. The van der Waals surface area contributed by atoms with Gasteiger partial charge in [-0.1, -0.05) is 18.2 Å². The molecule has 3 rings (SSSR count). The predicted molar refractivity (Wildman–Crippen MR) is 63.8 cm³/mol. The quantitative estimate of drug-likeness (QED) is 0.854. The molecule has 0 saturated heterocycles. The summed E-state index contributed by atoms with van der Waals surface area (Å²) in [5.74, 6) is 0.804. The molecule has 2 heterocycles. The molecule has 4 nitrogen and oxygen atoms in total. The lowest BCUT2D eigenvalue weighted by Crippen LogP contribution is -2.00. The van der Waals surface area contributed by atoms with Gasteiger partial charge in [-0.05, 0) is 18.6 Å². The Morgan fingerprint density at radius 3 is 3.00 bits per heavy atom. The molecule has 0 aliphatic carbocycles. The molecule has 2 aromatic rings. The largest absolute Gasteiger partial charge is 0.424 e. The molecule has 0 bridgehead atoms. The van der Waals surface area contributed by atoms with Crippen molar-refractivity contribution < 1.29 is 4.74 Å². The number of nitrogens with one attached hydrogen (secondary N) is 1. The highest BCUT2D eigenvalue weighted by Crippen LogP contribution is 2.23. The first-order valence-corrected chi connectivity index (χ1v) is 5.62. The van der Waals surface area contributed by atoms with Crippen molar-refractivity contribution in [2.24, 2.45) is 0 Å². The van der Waals surface area contributed by atoms with Crippen molar-refractivity contribution in [3.8, 4) is 11.8 Å². The maximum absolute atomic E-state index is 5.68. The molecule has 0 amide bonds. The first kappa shape index (κ1) is 10.2. The van der Waals surface area contributed by atoms with Crippen molar-refractivity contribution in [2.45, 2.75) is 20.0 Å². The number of hydrogen-bond donors (Lipinski definition) is 1. The van der Waals surface area contributed by atoms with Gasteiger partial charge in [0.1, 0.15) is 5.75 Å². The Bertz CT molecular complexity index is 554. The molecule has 0 radical (unpaired) electrons. The molecule has 1 aliphatic heterocycles. The smallest absolute Gasteiger partial charge is 0.322 e. The standard InChI is InChI=1S/C13H13N3O/c1-9-4-2-3-5-12(9)17-13-15-7-10-6-14-8-11(10)16-13/h2-5,7,14H,6,8H2,1H3. The summed E-state index contributed by atoms with van der Waals surface area (Å²) in [7, 11) is 0. The van der Waals surface area contributed by atoms with E-state index in [4.69, 9.17) is 4.74 Å². The zero-order chi connectivity index (χ0) is 11.7. The maximum atomic E-state index is 5.68. The number of hydrogen-bond acceptors (Lipinski definition) is 4. The third-order valence-electron chi connectivity index (χ3n) is 2.83. The van der Waals surface area contributed by atoms with Gasteiger partial charge in [-0.25, -0.2) is 4.98 Å². The van der Waals surface area contributed by atoms with Gasteiger partial charge in [-0.15, -0.1) is 0 Å². The first-order chi connectivity index (χ1) is 8.33. The highest BCUT2D eigenvalue weighted by Gasteiger charge is 2.13. The van der Waals surface area contributed by atoms with Crippen LogP contribution >= 0.6 is 0 Å². The van der Waals surface area contributed by atoms with Gasteiger partial charge >= 0.3 is 6.01 Å². The fourth-order valence-electron chi connectivity index (χ4n) is 1.86. The molecule has 0 unspecified atom stereocenters. The normalized spacial score (nSPS) is 13.5. The van der Waals surface area contributed by atoms with Gasteiger partial charge in [0, 0.05) is 24.8 Å². The number of benzene rings is 1. The lowest BCUT2D eigenvalue weighted by molar-refractivity contribution is 0.436. The summed E-state index contributed by atoms with van der Waals surface area (Å²) < 4.78 is 5.68. The van der Waals surface area contributed by atoms with Crippen molar-refractivity contribution in [1.29, 1.82) is 0 Å². The molecular formula is C13H13N3O. The van der Waals surface area contributed by atoms with Crippen molar-refractivity contribution in [3.63, 3.8) is 0 Å². The molecule has 86 valence electrons. The van der Waals surface area contributed by atoms with E-state index in [0.29, 0.717) is 6.01 Å². The molecule has 0 saturated carbocycles. The number of aryl methyl sites for hydroxylation is 1. The summed E-state index contributed by atoms with van der Waals surface area (Å²) in [5, 5.41) is 3.23. The van der Waals surface area contributed by atoms with Crippen LogP contribution in [0.2, 0.25) is 0 Å². The lowest BCUT2D eigenvalue weighted by Gasteiger charge is -2.07. The minimum absolute atomic E-state index is 0.418. The molecule has 1 aromatic heterocycles. The Labute approximate surface area is 99.7 Å². The van der Waals surface area contributed by atoms with Crippen LogP contribution in [0.15, 0.2) is 30.5 Å². The van der Waals surface area contributed by atoms with E-state index in [-0.39, 0.29) is 0 Å². The summed E-state index contributed by atoms with van der Waals surface area (Å²) in [6.45, 7) is 3.65. The van der Waals surface area contributed by atoms with E-state index in [1.165, 1.54) is 0 Å². The number of rotatable bonds is 2. The van der Waals surface area contributed by atoms with E-state index in [9.17, 15) is 0 Å². The molecule has 4 heteroatoms. The minimum Gasteiger partial charge on any atom is -0.424 e. The number of fused-ring (bicyclic) bond motifs is 1. The number of aromatic nitrogens is 2. The molecule has 1 aromatic carbocycles. The van der Waals surface area contributed by atoms with Crippen LogP contribution in [-0.2, 0) is 13.1 Å². The number of para-hydroxylation sites is 1. The van der Waals surface area contributed by atoms with Crippen molar-refractivity contribution in [1.82, 2.24) is 15.3 Å². The van der Waals surface area contributed by atoms with Crippen molar-refractivity contribution >= 4 is 0 Å². The van der Waals surface area contributed by atoms with E-state index in [0.717, 1.165) is 35.7 Å². The highest BCUT2D eigenvalue weighted by atomic mass is 16.5. The van der Waals surface area contributed by atoms with E-state index >= 15 is 0 Å². The lowest BCUT2D eigenvalue weighted by atomic mass is 10.2. The number of nitrogens with zero attached hydrogens (tertiary/aromatic N) is 2. The Kier molecular flexibility index (Phi) is 2.49. The summed E-state index contributed by atoms with van der Waals surface area (Å²) in [6.07, 6.45) is 1.83. The van der Waals surface area contributed by atoms with Crippen LogP contribution in [0.25, 0.3) is 0 Å². The van der Waals surface area contributed by atoms with E-state index in [1.807, 2.05) is 37.4 Å². The van der Waals surface area contributed by atoms with Crippen LogP contribution in [-0.4, -0.2) is 9.97 Å². The molecule has 0 fully saturated rings. The molecule has 0 spiro atoms. The Hall–Kier alpha value is -1.94. The van der Waals surface area contributed by atoms with E-state index < -0.39 is 0 Å². The Morgan fingerprint density at radius 2 is 2.12 bits per heavy atom.